The molecule has 0 radical (unpaired) electrons. The minimum atomic E-state index is -3.30. The third-order valence-corrected chi connectivity index (χ3v) is 9.14. The topological polar surface area (TPSA) is 59.1 Å². The summed E-state index contributed by atoms with van der Waals surface area (Å²) in [7, 11) is -3.30. The van der Waals surface area contributed by atoms with Gasteiger partial charge in [0.2, 0.25) is 10.0 Å². The monoisotopic (exact) mass is 344 g/mol. The molecule has 0 aromatic carbocycles. The fourth-order valence-electron chi connectivity index (χ4n) is 5.57. The Morgan fingerprint density at radius 2 is 1.83 bits per heavy atom. The number of sulfonamides is 1. The van der Waals surface area contributed by atoms with E-state index in [4.69, 9.17) is 9.57 Å². The van der Waals surface area contributed by atoms with Crippen molar-refractivity contribution in [2.24, 2.45) is 16.7 Å². The van der Waals surface area contributed by atoms with Crippen LogP contribution in [-0.4, -0.2) is 69.0 Å². The summed E-state index contributed by atoms with van der Waals surface area (Å²) in [4.78, 5) is 6.06. The molecule has 4 fully saturated rings. The van der Waals surface area contributed by atoms with Crippen LogP contribution in [0.1, 0.15) is 33.1 Å². The normalized spacial score (nSPS) is 48.4. The lowest BCUT2D eigenvalue weighted by molar-refractivity contribution is -0.217. The molecule has 2 saturated carbocycles. The molecule has 2 saturated heterocycles. The number of nitrogens with zero attached hydrogens (tertiary/aromatic N) is 2. The van der Waals surface area contributed by atoms with E-state index in [1.807, 2.05) is 0 Å². The van der Waals surface area contributed by atoms with Gasteiger partial charge in [-0.3, -0.25) is 4.84 Å². The minimum absolute atomic E-state index is 0.0390. The van der Waals surface area contributed by atoms with Crippen LogP contribution < -0.4 is 0 Å². The highest BCUT2D eigenvalue weighted by atomic mass is 32.2. The molecule has 2 heterocycles. The Morgan fingerprint density at radius 1 is 1.09 bits per heavy atom. The highest BCUT2D eigenvalue weighted by Crippen LogP contribution is 2.67. The van der Waals surface area contributed by atoms with Crippen LogP contribution >= 0.6 is 0 Å². The third-order valence-electron chi connectivity index (χ3n) is 7.11. The van der Waals surface area contributed by atoms with Crippen LogP contribution in [0.4, 0.5) is 0 Å². The zero-order chi connectivity index (χ0) is 16.3. The first-order valence-electron chi connectivity index (χ1n) is 8.82. The first-order valence-corrected chi connectivity index (χ1v) is 10.4. The third kappa shape index (κ3) is 2.31. The number of ether oxygens (including phenoxy) is 1. The zero-order valence-corrected chi connectivity index (χ0v) is 15.0. The molecule has 23 heavy (non-hydrogen) atoms. The maximum Gasteiger partial charge on any atom is 0.214 e. The van der Waals surface area contributed by atoms with Crippen LogP contribution in [0.3, 0.4) is 0 Å². The summed E-state index contributed by atoms with van der Waals surface area (Å²) >= 11 is 0. The van der Waals surface area contributed by atoms with Crippen molar-refractivity contribution in [3.63, 3.8) is 0 Å². The largest absolute Gasteiger partial charge is 0.379 e. The number of rotatable bonds is 0. The smallest absolute Gasteiger partial charge is 0.214 e. The molecule has 4 bridgehead atoms. The van der Waals surface area contributed by atoms with Crippen LogP contribution in [0.25, 0.3) is 0 Å². The second-order valence-electron chi connectivity index (χ2n) is 8.11. The van der Waals surface area contributed by atoms with Crippen LogP contribution in [0.15, 0.2) is 0 Å². The van der Waals surface area contributed by atoms with E-state index in [2.05, 4.69) is 18.9 Å². The number of fused-ring (bicyclic) bond motifs is 6. The van der Waals surface area contributed by atoms with Gasteiger partial charge in [0.1, 0.15) is 0 Å². The van der Waals surface area contributed by atoms with Gasteiger partial charge in [0.05, 0.1) is 25.6 Å². The second kappa shape index (κ2) is 5.39. The van der Waals surface area contributed by atoms with Gasteiger partial charge in [-0.1, -0.05) is 13.8 Å². The average molecular weight is 344 g/mol. The van der Waals surface area contributed by atoms with E-state index < -0.39 is 10.0 Å². The van der Waals surface area contributed by atoms with Gasteiger partial charge in [0.25, 0.3) is 0 Å². The van der Waals surface area contributed by atoms with Gasteiger partial charge in [-0.25, -0.2) is 8.42 Å². The molecule has 4 rings (SSSR count). The maximum atomic E-state index is 13.1. The standard InChI is InChI=1S/C16H28N2O4S/c1-15(2)13-3-4-16(15)12-23(19,20)17-5-8-21-9-7-18(14(16)11-13)22-10-6-17/h13-14H,3-12H2,1-2H3. The van der Waals surface area contributed by atoms with Crippen molar-refractivity contribution < 1.29 is 18.0 Å². The van der Waals surface area contributed by atoms with Crippen molar-refractivity contribution in [2.75, 3.05) is 45.2 Å². The number of hydroxylamine groups is 2. The molecule has 0 amide bonds. The molecular weight excluding hydrogens is 316 g/mol. The number of hydrogen-bond donors (Lipinski definition) is 0. The summed E-state index contributed by atoms with van der Waals surface area (Å²) < 4.78 is 33.5. The van der Waals surface area contributed by atoms with E-state index in [0.29, 0.717) is 38.8 Å². The van der Waals surface area contributed by atoms with Crippen LogP contribution in [0.2, 0.25) is 0 Å². The van der Waals surface area contributed by atoms with E-state index in [9.17, 15) is 8.42 Å². The van der Waals surface area contributed by atoms with Crippen molar-refractivity contribution in [1.82, 2.24) is 9.37 Å². The van der Waals surface area contributed by atoms with Crippen LogP contribution in [-0.2, 0) is 19.6 Å². The van der Waals surface area contributed by atoms with E-state index in [-0.39, 0.29) is 22.6 Å². The van der Waals surface area contributed by atoms with E-state index in [1.54, 1.807) is 4.31 Å². The molecule has 1 spiro atoms. The van der Waals surface area contributed by atoms with Crippen molar-refractivity contribution in [2.45, 2.75) is 39.2 Å². The zero-order valence-electron chi connectivity index (χ0n) is 14.2. The maximum absolute atomic E-state index is 13.1. The van der Waals surface area contributed by atoms with Crippen molar-refractivity contribution in [1.29, 1.82) is 0 Å². The van der Waals surface area contributed by atoms with Crippen LogP contribution in [0, 0.1) is 16.7 Å². The Labute approximate surface area is 139 Å². The van der Waals surface area contributed by atoms with Crippen molar-refractivity contribution >= 4 is 10.0 Å². The molecule has 2 aliphatic heterocycles. The van der Waals surface area contributed by atoms with E-state index in [0.717, 1.165) is 25.8 Å². The molecule has 6 nitrogen and oxygen atoms in total. The molecule has 7 heteroatoms. The molecule has 0 aromatic heterocycles. The predicted octanol–water partition coefficient (Wildman–Crippen LogP) is 1.09. The fraction of sp³-hybridized carbons (Fsp3) is 1.00. The van der Waals surface area contributed by atoms with Gasteiger partial charge in [0.15, 0.2) is 0 Å². The van der Waals surface area contributed by atoms with Gasteiger partial charge >= 0.3 is 0 Å². The van der Waals surface area contributed by atoms with Gasteiger partial charge in [0, 0.05) is 31.1 Å². The summed E-state index contributed by atoms with van der Waals surface area (Å²) in [6.07, 6.45) is 3.18. The lowest BCUT2D eigenvalue weighted by Gasteiger charge is -2.45. The molecule has 5 atom stereocenters. The van der Waals surface area contributed by atoms with Crippen molar-refractivity contribution in [3.8, 4) is 0 Å². The van der Waals surface area contributed by atoms with E-state index in [1.165, 1.54) is 0 Å². The van der Waals surface area contributed by atoms with Gasteiger partial charge < -0.3 is 4.74 Å². The summed E-state index contributed by atoms with van der Waals surface area (Å²) in [5.74, 6) is 0.846. The molecular formula is C16H28N2O4S. The molecule has 132 valence electrons. The summed E-state index contributed by atoms with van der Waals surface area (Å²) in [6.45, 7) is 7.66. The molecule has 0 N–H and O–H groups in total. The molecule has 0 aromatic rings. The molecule has 4 aliphatic rings. The SMILES string of the molecule is CC1(C)C2CCC13CS(=O)(=O)N1CCOCCN(OCC1)C3C2. The number of hydrogen-bond acceptors (Lipinski definition) is 5. The Morgan fingerprint density at radius 3 is 2.61 bits per heavy atom. The Hall–Kier alpha value is -0.210. The van der Waals surface area contributed by atoms with E-state index >= 15 is 0 Å². The summed E-state index contributed by atoms with van der Waals surface area (Å²) in [5.41, 5.74) is -0.166. The van der Waals surface area contributed by atoms with Gasteiger partial charge in [-0.2, -0.15) is 9.37 Å². The Bertz CT molecular complexity index is 579. The van der Waals surface area contributed by atoms with Crippen LogP contribution in [0.5, 0.6) is 0 Å². The Kier molecular flexibility index (Phi) is 3.81. The second-order valence-corrected chi connectivity index (χ2v) is 10.1. The van der Waals surface area contributed by atoms with Gasteiger partial charge in [-0.15, -0.1) is 0 Å². The molecule has 5 unspecified atom stereocenters. The summed E-state index contributed by atoms with van der Waals surface area (Å²) in [6, 6.07) is 0.188. The van der Waals surface area contributed by atoms with Gasteiger partial charge in [-0.05, 0) is 30.6 Å². The fourth-order valence-corrected chi connectivity index (χ4v) is 7.82. The minimum Gasteiger partial charge on any atom is -0.379 e. The highest BCUT2D eigenvalue weighted by molar-refractivity contribution is 7.89. The lowest BCUT2D eigenvalue weighted by Crippen LogP contribution is -2.53. The first-order chi connectivity index (χ1) is 10.9. The quantitative estimate of drug-likeness (QED) is 0.658. The first kappa shape index (κ1) is 16.3. The van der Waals surface area contributed by atoms with Crippen molar-refractivity contribution in [3.05, 3.63) is 0 Å². The predicted molar refractivity (Wildman–Crippen MR) is 86.2 cm³/mol. The highest BCUT2D eigenvalue weighted by Gasteiger charge is 2.67. The average Bonchev–Trinajstić information content (AvgIpc) is 2.86. The molecule has 2 aliphatic carbocycles. The lowest BCUT2D eigenvalue weighted by atomic mass is 9.69. The Balaban J connectivity index is 1.82. The summed E-state index contributed by atoms with van der Waals surface area (Å²) in [5, 5.41) is 2.07.